The molecule has 1 N–H and O–H groups in total. The number of aromatic nitrogens is 3. The second-order valence-electron chi connectivity index (χ2n) is 7.07. The lowest BCUT2D eigenvalue weighted by Crippen LogP contribution is -2.27. The van der Waals surface area contributed by atoms with Crippen LogP contribution in [-0.4, -0.2) is 34.1 Å². The number of rotatable bonds is 7. The fourth-order valence-corrected chi connectivity index (χ4v) is 3.00. The maximum absolute atomic E-state index is 12.8. The van der Waals surface area contributed by atoms with Crippen LogP contribution in [0.4, 0.5) is 0 Å². The zero-order chi connectivity index (χ0) is 21.0. The van der Waals surface area contributed by atoms with Gasteiger partial charge in [0.1, 0.15) is 11.5 Å². The molecule has 3 aromatic rings. The normalized spacial score (nSPS) is 11.9. The van der Waals surface area contributed by atoms with Gasteiger partial charge in [-0.2, -0.15) is 0 Å². The van der Waals surface area contributed by atoms with Crippen molar-refractivity contribution in [2.24, 2.45) is 0 Å². The van der Waals surface area contributed by atoms with Gasteiger partial charge in [0.15, 0.2) is 5.69 Å². The number of carbonyl (C=O) groups excluding carboxylic acids is 1. The van der Waals surface area contributed by atoms with Crippen LogP contribution >= 0.6 is 0 Å². The minimum atomic E-state index is -0.278. The van der Waals surface area contributed by atoms with Crippen LogP contribution < -0.4 is 14.8 Å². The van der Waals surface area contributed by atoms with Crippen LogP contribution in [0.3, 0.4) is 0 Å². The Labute approximate surface area is 170 Å². The van der Waals surface area contributed by atoms with Gasteiger partial charge in [-0.1, -0.05) is 23.4 Å². The Morgan fingerprint density at radius 3 is 2.52 bits per heavy atom. The van der Waals surface area contributed by atoms with E-state index in [-0.39, 0.29) is 23.7 Å². The van der Waals surface area contributed by atoms with Crippen molar-refractivity contribution in [1.82, 2.24) is 20.3 Å². The molecule has 1 aromatic heterocycles. The van der Waals surface area contributed by atoms with Gasteiger partial charge in [-0.05, 0) is 57.5 Å². The second-order valence-corrected chi connectivity index (χ2v) is 7.07. The van der Waals surface area contributed by atoms with E-state index in [4.69, 9.17) is 9.47 Å². The molecule has 0 aliphatic rings. The van der Waals surface area contributed by atoms with E-state index in [0.717, 1.165) is 17.0 Å². The minimum Gasteiger partial charge on any atom is -0.497 e. The Hall–Kier alpha value is -3.35. The first kappa shape index (κ1) is 20.4. The maximum atomic E-state index is 12.8. The largest absolute Gasteiger partial charge is 0.497 e. The number of ether oxygens (including phenoxy) is 2. The van der Waals surface area contributed by atoms with E-state index in [9.17, 15) is 4.79 Å². The van der Waals surface area contributed by atoms with Gasteiger partial charge in [0.2, 0.25) is 0 Å². The molecule has 0 fully saturated rings. The SMILES string of the molecule is COc1cccc(-n2nnc(C(=O)N[C@H](C)c3cccc(OC(C)C)c3)c2C)c1. The number of amides is 1. The predicted octanol–water partition coefficient (Wildman–Crippen LogP) is 3.86. The van der Waals surface area contributed by atoms with Crippen molar-refractivity contribution < 1.29 is 14.3 Å². The number of methoxy groups -OCH3 is 1. The summed E-state index contributed by atoms with van der Waals surface area (Å²) in [5.74, 6) is 1.21. The van der Waals surface area contributed by atoms with Gasteiger partial charge < -0.3 is 14.8 Å². The van der Waals surface area contributed by atoms with E-state index in [0.29, 0.717) is 11.4 Å². The third kappa shape index (κ3) is 4.74. The first-order valence-corrected chi connectivity index (χ1v) is 9.53. The molecule has 0 aliphatic heterocycles. The second kappa shape index (κ2) is 8.77. The molecule has 7 heteroatoms. The molecule has 0 saturated heterocycles. The van der Waals surface area contributed by atoms with Gasteiger partial charge in [-0.25, -0.2) is 4.68 Å². The van der Waals surface area contributed by atoms with Crippen LogP contribution in [0.5, 0.6) is 11.5 Å². The lowest BCUT2D eigenvalue weighted by atomic mass is 10.1. The number of nitrogens with one attached hydrogen (secondary N) is 1. The van der Waals surface area contributed by atoms with Gasteiger partial charge in [-0.3, -0.25) is 4.79 Å². The molecule has 7 nitrogen and oxygen atoms in total. The van der Waals surface area contributed by atoms with E-state index in [1.807, 2.05) is 76.2 Å². The molecular formula is C22H26N4O3. The topological polar surface area (TPSA) is 78.3 Å². The van der Waals surface area contributed by atoms with Crippen molar-refractivity contribution in [1.29, 1.82) is 0 Å². The van der Waals surface area contributed by atoms with Crippen LogP contribution in [-0.2, 0) is 0 Å². The summed E-state index contributed by atoms with van der Waals surface area (Å²) in [5.41, 5.74) is 2.67. The maximum Gasteiger partial charge on any atom is 0.274 e. The van der Waals surface area contributed by atoms with Gasteiger partial charge in [0.05, 0.1) is 30.6 Å². The first-order valence-electron chi connectivity index (χ1n) is 9.53. The molecule has 1 heterocycles. The minimum absolute atomic E-state index is 0.0875. The number of hydrogen-bond donors (Lipinski definition) is 1. The third-order valence-corrected chi connectivity index (χ3v) is 4.49. The standard InChI is InChI=1S/C22H26N4O3/c1-14(2)29-20-11-6-8-17(12-20)15(3)23-22(27)21-16(4)26(25-24-21)18-9-7-10-19(13-18)28-5/h6-15H,1-5H3,(H,23,27)/t15-/m1/s1. The molecule has 1 amide bonds. The number of nitrogens with zero attached hydrogens (tertiary/aromatic N) is 3. The van der Waals surface area contributed by atoms with Crippen LogP contribution in [0.1, 0.15) is 48.6 Å². The number of benzene rings is 2. The summed E-state index contributed by atoms with van der Waals surface area (Å²) in [6.07, 6.45) is 0.0875. The van der Waals surface area contributed by atoms with Crippen LogP contribution in [0.2, 0.25) is 0 Å². The number of carbonyl (C=O) groups is 1. The Bertz CT molecular complexity index is 997. The van der Waals surface area contributed by atoms with Crippen LogP contribution in [0, 0.1) is 6.92 Å². The fourth-order valence-electron chi connectivity index (χ4n) is 3.00. The molecule has 2 aromatic carbocycles. The monoisotopic (exact) mass is 394 g/mol. The summed E-state index contributed by atoms with van der Waals surface area (Å²) in [6.45, 7) is 7.70. The average molecular weight is 394 g/mol. The zero-order valence-electron chi connectivity index (χ0n) is 17.3. The highest BCUT2D eigenvalue weighted by Crippen LogP contribution is 2.21. The number of hydrogen-bond acceptors (Lipinski definition) is 5. The molecule has 0 unspecified atom stereocenters. The highest BCUT2D eigenvalue weighted by Gasteiger charge is 2.20. The lowest BCUT2D eigenvalue weighted by molar-refractivity contribution is 0.0934. The lowest BCUT2D eigenvalue weighted by Gasteiger charge is -2.16. The van der Waals surface area contributed by atoms with Crippen molar-refractivity contribution >= 4 is 5.91 Å². The Morgan fingerprint density at radius 2 is 1.79 bits per heavy atom. The molecule has 0 spiro atoms. The van der Waals surface area contributed by atoms with Gasteiger partial charge in [-0.15, -0.1) is 5.10 Å². The third-order valence-electron chi connectivity index (χ3n) is 4.49. The van der Waals surface area contributed by atoms with E-state index < -0.39 is 0 Å². The van der Waals surface area contributed by atoms with E-state index >= 15 is 0 Å². The smallest absolute Gasteiger partial charge is 0.274 e. The fraction of sp³-hybridized carbons (Fsp3) is 0.318. The van der Waals surface area contributed by atoms with Gasteiger partial charge in [0, 0.05) is 6.07 Å². The highest BCUT2D eigenvalue weighted by molar-refractivity contribution is 5.93. The first-order chi connectivity index (χ1) is 13.9. The summed E-state index contributed by atoms with van der Waals surface area (Å²) >= 11 is 0. The summed E-state index contributed by atoms with van der Waals surface area (Å²) < 4.78 is 12.6. The van der Waals surface area contributed by atoms with Crippen LogP contribution in [0.15, 0.2) is 48.5 Å². The van der Waals surface area contributed by atoms with Crippen LogP contribution in [0.25, 0.3) is 5.69 Å². The zero-order valence-corrected chi connectivity index (χ0v) is 17.3. The molecule has 0 radical (unpaired) electrons. The van der Waals surface area contributed by atoms with E-state index in [2.05, 4.69) is 15.6 Å². The molecule has 29 heavy (non-hydrogen) atoms. The summed E-state index contributed by atoms with van der Waals surface area (Å²) in [5, 5.41) is 11.2. The van der Waals surface area contributed by atoms with Gasteiger partial charge in [0.25, 0.3) is 5.91 Å². The Balaban J connectivity index is 1.77. The summed E-state index contributed by atoms with van der Waals surface area (Å²) in [6, 6.07) is 14.9. The average Bonchev–Trinajstić information content (AvgIpc) is 3.09. The van der Waals surface area contributed by atoms with Crippen molar-refractivity contribution in [3.05, 3.63) is 65.5 Å². The summed E-state index contributed by atoms with van der Waals surface area (Å²) in [7, 11) is 1.61. The highest BCUT2D eigenvalue weighted by atomic mass is 16.5. The predicted molar refractivity (Wildman–Crippen MR) is 111 cm³/mol. The van der Waals surface area contributed by atoms with Gasteiger partial charge >= 0.3 is 0 Å². The molecule has 0 bridgehead atoms. The van der Waals surface area contributed by atoms with E-state index in [1.165, 1.54) is 0 Å². The quantitative estimate of drug-likeness (QED) is 0.658. The molecule has 3 rings (SSSR count). The molecule has 0 saturated carbocycles. The molecular weight excluding hydrogens is 368 g/mol. The summed E-state index contributed by atoms with van der Waals surface area (Å²) in [4.78, 5) is 12.8. The van der Waals surface area contributed by atoms with Crippen molar-refractivity contribution in [2.45, 2.75) is 39.8 Å². The Kier molecular flexibility index (Phi) is 6.16. The van der Waals surface area contributed by atoms with E-state index in [1.54, 1.807) is 11.8 Å². The Morgan fingerprint density at radius 1 is 1.07 bits per heavy atom. The molecule has 0 aliphatic carbocycles. The van der Waals surface area contributed by atoms with Crippen molar-refractivity contribution in [2.75, 3.05) is 7.11 Å². The molecule has 152 valence electrons. The van der Waals surface area contributed by atoms with Crippen molar-refractivity contribution in [3.63, 3.8) is 0 Å². The molecule has 1 atom stereocenters. The van der Waals surface area contributed by atoms with Crippen molar-refractivity contribution in [3.8, 4) is 17.2 Å².